The third-order valence-electron chi connectivity index (χ3n) is 6.19. The quantitative estimate of drug-likeness (QED) is 0.147. The van der Waals surface area contributed by atoms with Crippen molar-refractivity contribution in [3.05, 3.63) is 29.8 Å². The van der Waals surface area contributed by atoms with E-state index >= 15 is 0 Å². The molecule has 0 aliphatic rings. The molecule has 0 saturated heterocycles. The van der Waals surface area contributed by atoms with Crippen molar-refractivity contribution in [1.82, 2.24) is 0 Å². The molecule has 0 aliphatic heterocycles. The Labute approximate surface area is 203 Å². The Balaban J connectivity index is 1.88. The Morgan fingerprint density at radius 1 is 0.636 bits per heavy atom. The standard InChI is InChI=1S/C29H49NO3/c1-3-5-6-7-8-9-10-11-12-13-14-15-16-17-18-19-20-21-28(31)30-27-24-22-26(23-25-27)29(32)33-4-2/h22-25H,3-21H2,1-2H3,(H,30,31). The van der Waals surface area contributed by atoms with Crippen LogP contribution < -0.4 is 5.32 Å². The SMILES string of the molecule is CCCCCCCCCCCCCCCCCCCC(=O)Nc1ccc(C(=O)OCC)cc1. The van der Waals surface area contributed by atoms with Gasteiger partial charge >= 0.3 is 5.97 Å². The number of ether oxygens (including phenoxy) is 1. The highest BCUT2D eigenvalue weighted by atomic mass is 16.5. The van der Waals surface area contributed by atoms with E-state index in [1.165, 1.54) is 96.3 Å². The second-order valence-corrected chi connectivity index (χ2v) is 9.25. The van der Waals surface area contributed by atoms with Gasteiger partial charge in [0.15, 0.2) is 0 Å². The fourth-order valence-electron chi connectivity index (χ4n) is 4.14. The molecule has 1 N–H and O–H groups in total. The summed E-state index contributed by atoms with van der Waals surface area (Å²) in [5.74, 6) is -0.293. The summed E-state index contributed by atoms with van der Waals surface area (Å²) in [6.45, 7) is 4.42. The minimum atomic E-state index is -0.334. The maximum absolute atomic E-state index is 12.1. The Kier molecular flexibility index (Phi) is 18.4. The molecule has 0 unspecified atom stereocenters. The van der Waals surface area contributed by atoms with E-state index in [0.717, 1.165) is 18.5 Å². The summed E-state index contributed by atoms with van der Waals surface area (Å²) >= 11 is 0. The second kappa shape index (κ2) is 20.7. The fraction of sp³-hybridized carbons (Fsp3) is 0.724. The van der Waals surface area contributed by atoms with Crippen molar-refractivity contribution in [3.8, 4) is 0 Å². The Morgan fingerprint density at radius 3 is 1.48 bits per heavy atom. The highest BCUT2D eigenvalue weighted by Gasteiger charge is 2.07. The van der Waals surface area contributed by atoms with Crippen molar-refractivity contribution in [2.75, 3.05) is 11.9 Å². The van der Waals surface area contributed by atoms with E-state index in [4.69, 9.17) is 4.74 Å². The summed E-state index contributed by atoms with van der Waals surface area (Å²) in [5.41, 5.74) is 1.23. The summed E-state index contributed by atoms with van der Waals surface area (Å²) in [5, 5.41) is 2.90. The van der Waals surface area contributed by atoms with Crippen LogP contribution in [0.15, 0.2) is 24.3 Å². The van der Waals surface area contributed by atoms with Crippen LogP contribution in [0.1, 0.15) is 140 Å². The molecule has 0 spiro atoms. The number of anilines is 1. The molecular formula is C29H49NO3. The van der Waals surface area contributed by atoms with Gasteiger partial charge in [-0.1, -0.05) is 110 Å². The van der Waals surface area contributed by atoms with Gasteiger partial charge in [0.25, 0.3) is 0 Å². The molecule has 0 bridgehead atoms. The summed E-state index contributed by atoms with van der Waals surface area (Å²) in [6, 6.07) is 6.87. The van der Waals surface area contributed by atoms with E-state index in [2.05, 4.69) is 12.2 Å². The molecule has 0 saturated carbocycles. The Bertz CT molecular complexity index is 612. The van der Waals surface area contributed by atoms with Crippen LogP contribution in [0.3, 0.4) is 0 Å². The zero-order chi connectivity index (χ0) is 24.0. The lowest BCUT2D eigenvalue weighted by atomic mass is 10.0. The van der Waals surface area contributed by atoms with E-state index in [0.29, 0.717) is 18.6 Å². The molecule has 0 aliphatic carbocycles. The number of rotatable bonds is 21. The van der Waals surface area contributed by atoms with Crippen molar-refractivity contribution < 1.29 is 14.3 Å². The van der Waals surface area contributed by atoms with Crippen molar-refractivity contribution >= 4 is 17.6 Å². The van der Waals surface area contributed by atoms with Crippen LogP contribution in [0.4, 0.5) is 5.69 Å². The number of hydrogen-bond donors (Lipinski definition) is 1. The van der Waals surface area contributed by atoms with Crippen molar-refractivity contribution in [2.24, 2.45) is 0 Å². The van der Waals surface area contributed by atoms with Crippen molar-refractivity contribution in [3.63, 3.8) is 0 Å². The van der Waals surface area contributed by atoms with E-state index in [1.54, 1.807) is 31.2 Å². The highest BCUT2D eigenvalue weighted by molar-refractivity contribution is 5.93. The molecule has 0 atom stereocenters. The molecule has 1 aromatic carbocycles. The second-order valence-electron chi connectivity index (χ2n) is 9.25. The summed E-state index contributed by atoms with van der Waals surface area (Å²) in [4.78, 5) is 23.7. The van der Waals surface area contributed by atoms with E-state index < -0.39 is 0 Å². The number of amides is 1. The first-order valence-electron chi connectivity index (χ1n) is 13.7. The van der Waals surface area contributed by atoms with Gasteiger partial charge in [-0.3, -0.25) is 4.79 Å². The van der Waals surface area contributed by atoms with Gasteiger partial charge in [0.2, 0.25) is 5.91 Å². The Hall–Kier alpha value is -1.84. The van der Waals surface area contributed by atoms with Gasteiger partial charge in [-0.25, -0.2) is 4.79 Å². The summed E-state index contributed by atoms with van der Waals surface area (Å²) < 4.78 is 4.97. The number of hydrogen-bond acceptors (Lipinski definition) is 3. The molecule has 1 rings (SSSR count). The monoisotopic (exact) mass is 459 g/mol. The maximum atomic E-state index is 12.1. The van der Waals surface area contributed by atoms with Crippen molar-refractivity contribution in [2.45, 2.75) is 129 Å². The number of carbonyl (C=O) groups excluding carboxylic acids is 2. The lowest BCUT2D eigenvalue weighted by molar-refractivity contribution is -0.116. The first-order valence-corrected chi connectivity index (χ1v) is 13.7. The first kappa shape index (κ1) is 29.2. The third kappa shape index (κ3) is 16.4. The number of unbranched alkanes of at least 4 members (excludes halogenated alkanes) is 16. The highest BCUT2D eigenvalue weighted by Crippen LogP contribution is 2.15. The van der Waals surface area contributed by atoms with Crippen LogP contribution in [0.25, 0.3) is 0 Å². The minimum absolute atomic E-state index is 0.0415. The molecular weight excluding hydrogens is 410 g/mol. The van der Waals surface area contributed by atoms with Crippen LogP contribution in [0, 0.1) is 0 Å². The number of esters is 1. The molecule has 0 radical (unpaired) electrons. The van der Waals surface area contributed by atoms with Gasteiger partial charge in [0.05, 0.1) is 12.2 Å². The molecule has 1 aromatic rings. The predicted molar refractivity (Wildman–Crippen MR) is 140 cm³/mol. The van der Waals surface area contributed by atoms with Crippen LogP contribution in [-0.2, 0) is 9.53 Å². The molecule has 0 aromatic heterocycles. The number of benzene rings is 1. The summed E-state index contributed by atoms with van der Waals surface area (Å²) in [7, 11) is 0. The zero-order valence-electron chi connectivity index (χ0n) is 21.5. The van der Waals surface area contributed by atoms with Crippen molar-refractivity contribution in [1.29, 1.82) is 0 Å². The lowest BCUT2D eigenvalue weighted by Crippen LogP contribution is -2.11. The van der Waals surface area contributed by atoms with Gasteiger partial charge in [0, 0.05) is 12.1 Å². The normalized spacial score (nSPS) is 10.8. The van der Waals surface area contributed by atoms with Gasteiger partial charge in [0.1, 0.15) is 0 Å². The molecule has 4 heteroatoms. The zero-order valence-corrected chi connectivity index (χ0v) is 21.5. The average Bonchev–Trinajstić information content (AvgIpc) is 2.81. The predicted octanol–water partition coefficient (Wildman–Crippen LogP) is 8.84. The molecule has 188 valence electrons. The third-order valence-corrected chi connectivity index (χ3v) is 6.19. The topological polar surface area (TPSA) is 55.4 Å². The van der Waals surface area contributed by atoms with Gasteiger partial charge < -0.3 is 10.1 Å². The molecule has 0 heterocycles. The van der Waals surface area contributed by atoms with Crippen LogP contribution in [0.2, 0.25) is 0 Å². The van der Waals surface area contributed by atoms with Crippen LogP contribution >= 0.6 is 0 Å². The van der Waals surface area contributed by atoms with Gasteiger partial charge in [-0.2, -0.15) is 0 Å². The van der Waals surface area contributed by atoms with E-state index in [9.17, 15) is 9.59 Å². The maximum Gasteiger partial charge on any atom is 0.338 e. The number of nitrogens with one attached hydrogen (secondary N) is 1. The summed E-state index contributed by atoms with van der Waals surface area (Å²) in [6.07, 6.45) is 23.3. The molecule has 33 heavy (non-hydrogen) atoms. The van der Waals surface area contributed by atoms with Crippen LogP contribution in [-0.4, -0.2) is 18.5 Å². The van der Waals surface area contributed by atoms with Crippen LogP contribution in [0.5, 0.6) is 0 Å². The van der Waals surface area contributed by atoms with Gasteiger partial charge in [-0.15, -0.1) is 0 Å². The molecule has 0 fully saturated rings. The fourth-order valence-corrected chi connectivity index (χ4v) is 4.14. The molecule has 4 nitrogen and oxygen atoms in total. The smallest absolute Gasteiger partial charge is 0.338 e. The number of carbonyl (C=O) groups is 2. The van der Waals surface area contributed by atoms with E-state index in [-0.39, 0.29) is 11.9 Å². The molecule has 1 amide bonds. The largest absolute Gasteiger partial charge is 0.462 e. The first-order chi connectivity index (χ1) is 16.2. The van der Waals surface area contributed by atoms with Gasteiger partial charge in [-0.05, 0) is 37.6 Å². The average molecular weight is 460 g/mol. The van der Waals surface area contributed by atoms with E-state index in [1.807, 2.05) is 0 Å². The Morgan fingerprint density at radius 2 is 1.06 bits per heavy atom. The lowest BCUT2D eigenvalue weighted by Gasteiger charge is -2.07. The minimum Gasteiger partial charge on any atom is -0.462 e.